The Bertz CT molecular complexity index is 259. The topological polar surface area (TPSA) is 0 Å². The lowest BCUT2D eigenvalue weighted by atomic mass is 9.96. The predicted molar refractivity (Wildman–Crippen MR) is 68.8 cm³/mol. The second-order valence-electron chi connectivity index (χ2n) is 4.10. The largest absolute Gasteiger partial charge is 0.126 e. The van der Waals surface area contributed by atoms with Gasteiger partial charge in [0.15, 0.2) is 0 Å². The van der Waals surface area contributed by atoms with Gasteiger partial charge in [-0.25, -0.2) is 0 Å². The highest BCUT2D eigenvalue weighted by molar-refractivity contribution is 6.18. The molecule has 0 bridgehead atoms. The van der Waals surface area contributed by atoms with E-state index in [0.717, 1.165) is 12.3 Å². The minimum absolute atomic E-state index is 0.520. The van der Waals surface area contributed by atoms with Gasteiger partial charge in [0.05, 0.1) is 0 Å². The van der Waals surface area contributed by atoms with Crippen LogP contribution in [-0.4, -0.2) is 5.88 Å². The predicted octanol–water partition coefficient (Wildman–Crippen LogP) is 4.76. The maximum Gasteiger partial charge on any atom is 0.0292 e. The van der Waals surface area contributed by atoms with E-state index < -0.39 is 0 Å². The Balaban J connectivity index is 2.62. The van der Waals surface area contributed by atoms with Crippen LogP contribution in [0.2, 0.25) is 0 Å². The van der Waals surface area contributed by atoms with Crippen molar-refractivity contribution >= 4 is 11.6 Å². The number of hydrogen-bond acceptors (Lipinski definition) is 0. The number of aryl methyl sites for hydroxylation is 1. The molecule has 0 aliphatic rings. The van der Waals surface area contributed by atoms with E-state index in [9.17, 15) is 0 Å². The molecule has 1 aromatic carbocycles. The molecule has 0 amide bonds. The molecule has 0 N–H and O–H groups in total. The van der Waals surface area contributed by atoms with Crippen molar-refractivity contribution in [3.05, 3.63) is 35.4 Å². The first-order valence-corrected chi connectivity index (χ1v) is 6.50. The molecule has 0 heterocycles. The zero-order chi connectivity index (χ0) is 11.1. The van der Waals surface area contributed by atoms with E-state index in [1.54, 1.807) is 0 Å². The molecule has 1 unspecified atom stereocenters. The van der Waals surface area contributed by atoms with Crippen molar-refractivity contribution < 1.29 is 0 Å². The summed E-state index contributed by atoms with van der Waals surface area (Å²) in [5.41, 5.74) is 2.83. The number of alkyl halides is 1. The first-order valence-electron chi connectivity index (χ1n) is 5.96. The Hall–Kier alpha value is -0.490. The molecule has 0 saturated heterocycles. The molecule has 15 heavy (non-hydrogen) atoms. The molecule has 1 heteroatoms. The summed E-state index contributed by atoms with van der Waals surface area (Å²) < 4.78 is 0. The third-order valence-electron chi connectivity index (χ3n) is 2.95. The van der Waals surface area contributed by atoms with E-state index in [-0.39, 0.29) is 0 Å². The van der Waals surface area contributed by atoms with Gasteiger partial charge in [0.25, 0.3) is 0 Å². The Morgan fingerprint density at radius 2 is 1.80 bits per heavy atom. The lowest BCUT2D eigenvalue weighted by Crippen LogP contribution is -1.98. The number of benzene rings is 1. The monoisotopic (exact) mass is 224 g/mol. The van der Waals surface area contributed by atoms with Crippen molar-refractivity contribution in [2.75, 3.05) is 5.88 Å². The van der Waals surface area contributed by atoms with Gasteiger partial charge >= 0.3 is 0 Å². The van der Waals surface area contributed by atoms with Crippen LogP contribution in [0.4, 0.5) is 0 Å². The molecule has 0 fully saturated rings. The maximum absolute atomic E-state index is 5.93. The second kappa shape index (κ2) is 6.90. The van der Waals surface area contributed by atoms with Crippen LogP contribution in [0.5, 0.6) is 0 Å². The van der Waals surface area contributed by atoms with Crippen molar-refractivity contribution in [1.82, 2.24) is 0 Å². The number of halogens is 1. The van der Waals surface area contributed by atoms with Crippen molar-refractivity contribution in [3.63, 3.8) is 0 Å². The second-order valence-corrected chi connectivity index (χ2v) is 4.41. The first kappa shape index (κ1) is 12.6. The zero-order valence-electron chi connectivity index (χ0n) is 9.80. The summed E-state index contributed by atoms with van der Waals surface area (Å²) in [6, 6.07) is 8.98. The van der Waals surface area contributed by atoms with Gasteiger partial charge in [-0.15, -0.1) is 11.6 Å². The molecule has 0 aromatic heterocycles. The highest BCUT2D eigenvalue weighted by Gasteiger charge is 2.06. The fraction of sp³-hybridized carbons (Fsp3) is 0.571. The van der Waals surface area contributed by atoms with E-state index in [0.29, 0.717) is 5.92 Å². The highest BCUT2D eigenvalue weighted by atomic mass is 35.5. The Morgan fingerprint density at radius 3 is 2.27 bits per heavy atom. The van der Waals surface area contributed by atoms with Crippen molar-refractivity contribution in [3.8, 4) is 0 Å². The van der Waals surface area contributed by atoms with Crippen LogP contribution < -0.4 is 0 Å². The van der Waals surface area contributed by atoms with Crippen LogP contribution >= 0.6 is 11.6 Å². The fourth-order valence-corrected chi connectivity index (χ4v) is 2.17. The van der Waals surface area contributed by atoms with Crippen molar-refractivity contribution in [2.45, 2.75) is 45.4 Å². The average molecular weight is 225 g/mol. The van der Waals surface area contributed by atoms with Crippen LogP contribution in [0.3, 0.4) is 0 Å². The van der Waals surface area contributed by atoms with E-state index >= 15 is 0 Å². The van der Waals surface area contributed by atoms with Crippen LogP contribution in [0.25, 0.3) is 0 Å². The molecule has 0 radical (unpaired) electrons. The maximum atomic E-state index is 5.93. The highest BCUT2D eigenvalue weighted by Crippen LogP contribution is 2.21. The molecule has 1 aromatic rings. The van der Waals surface area contributed by atoms with Gasteiger partial charge in [-0.05, 0) is 36.3 Å². The van der Waals surface area contributed by atoms with Gasteiger partial charge in [-0.1, -0.05) is 44.5 Å². The standard InChI is InChI=1S/C14H21Cl/c1-3-5-6-12-7-9-14(10-8-12)13(4-2)11-15/h7-10,13H,3-6,11H2,1-2H3. The molecule has 0 aliphatic heterocycles. The summed E-state index contributed by atoms with van der Waals surface area (Å²) >= 11 is 5.93. The summed E-state index contributed by atoms with van der Waals surface area (Å²) in [6.45, 7) is 4.42. The quantitative estimate of drug-likeness (QED) is 0.611. The molecular formula is C14H21Cl. The zero-order valence-corrected chi connectivity index (χ0v) is 10.6. The number of hydrogen-bond donors (Lipinski definition) is 0. The summed E-state index contributed by atoms with van der Waals surface area (Å²) in [7, 11) is 0. The average Bonchev–Trinajstić information content (AvgIpc) is 2.29. The minimum Gasteiger partial charge on any atom is -0.126 e. The normalized spacial score (nSPS) is 12.7. The fourth-order valence-electron chi connectivity index (χ4n) is 1.77. The summed E-state index contributed by atoms with van der Waals surface area (Å²) in [6.07, 6.45) is 4.87. The van der Waals surface area contributed by atoms with E-state index in [2.05, 4.69) is 38.1 Å². The van der Waals surface area contributed by atoms with Crippen LogP contribution in [-0.2, 0) is 6.42 Å². The third kappa shape index (κ3) is 3.87. The molecule has 0 aliphatic carbocycles. The van der Waals surface area contributed by atoms with Crippen LogP contribution in [0.1, 0.15) is 50.2 Å². The van der Waals surface area contributed by atoms with Gasteiger partial charge in [-0.2, -0.15) is 0 Å². The smallest absolute Gasteiger partial charge is 0.0292 e. The lowest BCUT2D eigenvalue weighted by molar-refractivity contribution is 0.738. The third-order valence-corrected chi connectivity index (χ3v) is 3.32. The molecule has 1 atom stereocenters. The summed E-state index contributed by atoms with van der Waals surface area (Å²) in [5.74, 6) is 1.25. The molecule has 0 spiro atoms. The summed E-state index contributed by atoms with van der Waals surface area (Å²) in [5, 5.41) is 0. The molecule has 1 rings (SSSR count). The van der Waals surface area contributed by atoms with Gasteiger partial charge in [0.1, 0.15) is 0 Å². The Kier molecular flexibility index (Phi) is 5.78. The van der Waals surface area contributed by atoms with Crippen molar-refractivity contribution in [1.29, 1.82) is 0 Å². The molecule has 0 nitrogen and oxygen atoms in total. The lowest BCUT2D eigenvalue weighted by Gasteiger charge is -2.12. The molecular weight excluding hydrogens is 204 g/mol. The van der Waals surface area contributed by atoms with Gasteiger partial charge in [-0.3, -0.25) is 0 Å². The Labute approximate surface area is 98.7 Å². The van der Waals surface area contributed by atoms with Gasteiger partial charge < -0.3 is 0 Å². The molecule has 84 valence electrons. The van der Waals surface area contributed by atoms with E-state index in [1.165, 1.54) is 30.4 Å². The Morgan fingerprint density at radius 1 is 1.13 bits per heavy atom. The number of rotatable bonds is 6. The van der Waals surface area contributed by atoms with Crippen LogP contribution in [0, 0.1) is 0 Å². The van der Waals surface area contributed by atoms with E-state index in [4.69, 9.17) is 11.6 Å². The SMILES string of the molecule is CCCCc1ccc(C(CC)CCl)cc1. The minimum atomic E-state index is 0.520. The van der Waals surface area contributed by atoms with Crippen molar-refractivity contribution in [2.24, 2.45) is 0 Å². The van der Waals surface area contributed by atoms with Gasteiger partial charge in [0, 0.05) is 5.88 Å². The summed E-state index contributed by atoms with van der Waals surface area (Å²) in [4.78, 5) is 0. The first-order chi connectivity index (χ1) is 7.31. The molecule has 0 saturated carbocycles. The van der Waals surface area contributed by atoms with Crippen LogP contribution in [0.15, 0.2) is 24.3 Å². The number of unbranched alkanes of at least 4 members (excludes halogenated alkanes) is 1. The van der Waals surface area contributed by atoms with E-state index in [1.807, 2.05) is 0 Å². The van der Waals surface area contributed by atoms with Gasteiger partial charge in [0.2, 0.25) is 0 Å².